The topological polar surface area (TPSA) is 94.6 Å². The largest absolute Gasteiger partial charge is 0.505 e. The van der Waals surface area contributed by atoms with Crippen LogP contribution in [0.2, 0.25) is 0 Å². The van der Waals surface area contributed by atoms with Gasteiger partial charge in [-0.3, -0.25) is 4.79 Å². The maximum Gasteiger partial charge on any atom is 0.319 e. The first-order valence-corrected chi connectivity index (χ1v) is 7.79. The zero-order chi connectivity index (χ0) is 17.8. The van der Waals surface area contributed by atoms with Crippen LogP contribution in [0.4, 0.5) is 14.9 Å². The molecule has 1 aromatic heterocycles. The van der Waals surface area contributed by atoms with Crippen LogP contribution in [0.5, 0.6) is 5.75 Å². The summed E-state index contributed by atoms with van der Waals surface area (Å²) in [4.78, 5) is 29.8. The highest BCUT2D eigenvalue weighted by Crippen LogP contribution is 2.19. The lowest BCUT2D eigenvalue weighted by Crippen LogP contribution is -2.40. The van der Waals surface area contributed by atoms with E-state index in [1.807, 2.05) is 0 Å². The summed E-state index contributed by atoms with van der Waals surface area (Å²) < 4.78 is 12.9. The second-order valence-electron chi connectivity index (χ2n) is 5.71. The molecule has 25 heavy (non-hydrogen) atoms. The minimum atomic E-state index is -0.424. The molecule has 7 nitrogen and oxygen atoms in total. The van der Waals surface area contributed by atoms with Gasteiger partial charge in [-0.05, 0) is 42.8 Å². The van der Waals surface area contributed by atoms with Crippen LogP contribution in [0.25, 0.3) is 0 Å². The predicted molar refractivity (Wildman–Crippen MR) is 88.8 cm³/mol. The average Bonchev–Trinajstić information content (AvgIpc) is 3.05. The molecule has 2 aromatic rings. The molecule has 0 bridgehead atoms. The molecule has 1 aliphatic heterocycles. The Bertz CT molecular complexity index is 782. The summed E-state index contributed by atoms with van der Waals surface area (Å²) in [5, 5.41) is 15.1. The van der Waals surface area contributed by atoms with Crippen molar-refractivity contribution in [2.75, 3.05) is 18.4 Å². The molecule has 1 aromatic carbocycles. The van der Waals surface area contributed by atoms with Crippen LogP contribution >= 0.6 is 0 Å². The summed E-state index contributed by atoms with van der Waals surface area (Å²) >= 11 is 0. The normalized spacial score (nSPS) is 16.5. The van der Waals surface area contributed by atoms with Crippen LogP contribution < -0.4 is 10.6 Å². The van der Waals surface area contributed by atoms with Crippen LogP contribution in [-0.2, 0) is 0 Å². The van der Waals surface area contributed by atoms with Crippen LogP contribution in [-0.4, -0.2) is 46.1 Å². The first-order valence-electron chi connectivity index (χ1n) is 7.79. The molecule has 0 unspecified atom stereocenters. The molecule has 2 heterocycles. The molecule has 0 spiro atoms. The number of anilines is 1. The Morgan fingerprint density at radius 2 is 2.00 bits per heavy atom. The van der Waals surface area contributed by atoms with Crippen molar-refractivity contribution in [1.29, 1.82) is 0 Å². The van der Waals surface area contributed by atoms with E-state index in [4.69, 9.17) is 0 Å². The fourth-order valence-corrected chi connectivity index (χ4v) is 2.66. The number of carbonyl (C=O) groups is 2. The number of hydrogen-bond donors (Lipinski definition) is 3. The van der Waals surface area contributed by atoms with Gasteiger partial charge in [-0.1, -0.05) is 0 Å². The summed E-state index contributed by atoms with van der Waals surface area (Å²) in [7, 11) is 0. The number of hydrogen-bond acceptors (Lipinski definition) is 4. The van der Waals surface area contributed by atoms with Crippen molar-refractivity contribution in [2.24, 2.45) is 0 Å². The molecule has 0 radical (unpaired) electrons. The molecule has 3 N–H and O–H groups in total. The van der Waals surface area contributed by atoms with Gasteiger partial charge in [0.2, 0.25) is 0 Å². The van der Waals surface area contributed by atoms with Gasteiger partial charge in [-0.25, -0.2) is 14.2 Å². The summed E-state index contributed by atoms with van der Waals surface area (Å²) in [6.45, 7) is 0.780. The maximum absolute atomic E-state index is 12.9. The van der Waals surface area contributed by atoms with Crippen molar-refractivity contribution in [3.8, 4) is 5.75 Å². The summed E-state index contributed by atoms with van der Waals surface area (Å²) in [5.74, 6) is -0.923. The zero-order valence-corrected chi connectivity index (χ0v) is 13.3. The van der Waals surface area contributed by atoms with Crippen molar-refractivity contribution >= 4 is 17.6 Å². The van der Waals surface area contributed by atoms with Crippen molar-refractivity contribution in [2.45, 2.75) is 12.5 Å². The molecule has 1 fully saturated rings. The molecule has 3 amide bonds. The molecular formula is C17H17FN4O3. The Kier molecular flexibility index (Phi) is 4.78. The van der Waals surface area contributed by atoms with Gasteiger partial charge in [-0.15, -0.1) is 0 Å². The Morgan fingerprint density at radius 1 is 1.24 bits per heavy atom. The van der Waals surface area contributed by atoms with Gasteiger partial charge in [0.15, 0.2) is 5.69 Å². The third-order valence-electron chi connectivity index (χ3n) is 3.90. The molecule has 1 aliphatic rings. The average molecular weight is 344 g/mol. The molecule has 1 saturated heterocycles. The Balaban J connectivity index is 1.54. The van der Waals surface area contributed by atoms with E-state index in [0.29, 0.717) is 25.2 Å². The van der Waals surface area contributed by atoms with Crippen LogP contribution in [0.15, 0.2) is 42.6 Å². The van der Waals surface area contributed by atoms with Gasteiger partial charge in [0.05, 0.1) is 0 Å². The van der Waals surface area contributed by atoms with E-state index >= 15 is 0 Å². The molecule has 1 atom stereocenters. The first kappa shape index (κ1) is 16.7. The Hall–Kier alpha value is -3.16. The SMILES string of the molecule is O=C(Nc1ccc(F)cc1)N[C@@H]1CCN(C(=O)c2ncccc2O)C1. The van der Waals surface area contributed by atoms with Gasteiger partial charge >= 0.3 is 6.03 Å². The smallest absolute Gasteiger partial charge is 0.319 e. The van der Waals surface area contributed by atoms with E-state index in [0.717, 1.165) is 0 Å². The summed E-state index contributed by atoms with van der Waals surface area (Å²) in [5.41, 5.74) is 0.474. The van der Waals surface area contributed by atoms with E-state index in [1.54, 1.807) is 6.07 Å². The number of pyridine rings is 1. The quantitative estimate of drug-likeness (QED) is 0.793. The monoisotopic (exact) mass is 344 g/mol. The van der Waals surface area contributed by atoms with Crippen molar-refractivity contribution in [3.63, 3.8) is 0 Å². The number of likely N-dealkylation sites (tertiary alicyclic amines) is 1. The molecule has 0 saturated carbocycles. The highest BCUT2D eigenvalue weighted by Gasteiger charge is 2.29. The zero-order valence-electron chi connectivity index (χ0n) is 13.3. The number of aromatic nitrogens is 1. The lowest BCUT2D eigenvalue weighted by atomic mass is 10.2. The number of carbonyl (C=O) groups excluding carboxylic acids is 2. The molecular weight excluding hydrogens is 327 g/mol. The van der Waals surface area contributed by atoms with Crippen LogP contribution in [0.1, 0.15) is 16.9 Å². The maximum atomic E-state index is 12.9. The van der Waals surface area contributed by atoms with Gasteiger partial charge in [0, 0.05) is 31.0 Å². The second-order valence-corrected chi connectivity index (χ2v) is 5.71. The molecule has 0 aliphatic carbocycles. The highest BCUT2D eigenvalue weighted by atomic mass is 19.1. The van der Waals surface area contributed by atoms with Crippen LogP contribution in [0.3, 0.4) is 0 Å². The molecule has 130 valence electrons. The number of rotatable bonds is 3. The number of benzene rings is 1. The number of nitrogens with one attached hydrogen (secondary N) is 2. The predicted octanol–water partition coefficient (Wildman–Crippen LogP) is 1.96. The Labute approximate surface area is 143 Å². The number of aromatic hydroxyl groups is 1. The van der Waals surface area contributed by atoms with Crippen molar-refractivity contribution in [1.82, 2.24) is 15.2 Å². The Morgan fingerprint density at radius 3 is 2.72 bits per heavy atom. The third-order valence-corrected chi connectivity index (χ3v) is 3.90. The minimum absolute atomic E-state index is 0.00101. The van der Waals surface area contributed by atoms with Crippen LogP contribution in [0, 0.1) is 5.82 Å². The number of nitrogens with zero attached hydrogens (tertiary/aromatic N) is 2. The second kappa shape index (κ2) is 7.16. The van der Waals surface area contributed by atoms with Crippen molar-refractivity contribution < 1.29 is 19.1 Å². The lowest BCUT2D eigenvalue weighted by molar-refractivity contribution is 0.0780. The van der Waals surface area contributed by atoms with E-state index in [-0.39, 0.29) is 29.2 Å². The summed E-state index contributed by atoms with van der Waals surface area (Å²) in [6.07, 6.45) is 2.03. The number of urea groups is 1. The van der Waals surface area contributed by atoms with E-state index in [2.05, 4.69) is 15.6 Å². The third kappa shape index (κ3) is 4.03. The fraction of sp³-hybridized carbons (Fsp3) is 0.235. The summed E-state index contributed by atoms with van der Waals surface area (Å²) in [6, 6.07) is 7.74. The van der Waals surface area contributed by atoms with E-state index in [1.165, 1.54) is 41.4 Å². The van der Waals surface area contributed by atoms with E-state index < -0.39 is 6.03 Å². The van der Waals surface area contributed by atoms with Gasteiger partial charge in [0.1, 0.15) is 11.6 Å². The van der Waals surface area contributed by atoms with Gasteiger partial charge in [0.25, 0.3) is 5.91 Å². The first-order chi connectivity index (χ1) is 12.0. The molecule has 8 heteroatoms. The van der Waals surface area contributed by atoms with Gasteiger partial charge < -0.3 is 20.6 Å². The standard InChI is InChI=1S/C17H17FN4O3/c18-11-3-5-12(6-4-11)20-17(25)21-13-7-9-22(10-13)16(24)15-14(23)2-1-8-19-15/h1-6,8,13,23H,7,9-10H2,(H2,20,21,25)/t13-/m1/s1. The highest BCUT2D eigenvalue weighted by molar-refractivity contribution is 5.95. The fourth-order valence-electron chi connectivity index (χ4n) is 2.66. The minimum Gasteiger partial charge on any atom is -0.505 e. The van der Waals surface area contributed by atoms with Gasteiger partial charge in [-0.2, -0.15) is 0 Å². The van der Waals surface area contributed by atoms with E-state index in [9.17, 15) is 19.1 Å². The molecule has 3 rings (SSSR count). The lowest BCUT2D eigenvalue weighted by Gasteiger charge is -2.17. The van der Waals surface area contributed by atoms with Crippen molar-refractivity contribution in [3.05, 3.63) is 54.1 Å². The number of halogens is 1. The number of amides is 3.